The summed E-state index contributed by atoms with van der Waals surface area (Å²) >= 11 is 0. The molecule has 0 bridgehead atoms. The molecule has 0 saturated carbocycles. The maximum Gasteiger partial charge on any atom is 0.431 e. The number of ether oxygens (including phenoxy) is 1. The number of aromatic amines is 1. The van der Waals surface area contributed by atoms with Crippen molar-refractivity contribution in [3.63, 3.8) is 0 Å². The Bertz CT molecular complexity index is 885. The Morgan fingerprint density at radius 3 is 2.54 bits per heavy atom. The summed E-state index contributed by atoms with van der Waals surface area (Å²) in [5.74, 6) is -0.724. The maximum atomic E-state index is 12.7. The second kappa shape index (κ2) is 8.18. The SMILES string of the molecule is Cc1ccc(C(CC2CCCO2)NC(=O)c2ccc(C(F)(F)F)[nH]c2=O)cc1. The van der Waals surface area contributed by atoms with Gasteiger partial charge in [-0.05, 0) is 43.9 Å². The van der Waals surface area contributed by atoms with Crippen LogP contribution in [0.3, 0.4) is 0 Å². The van der Waals surface area contributed by atoms with Crippen LogP contribution < -0.4 is 10.9 Å². The van der Waals surface area contributed by atoms with Crippen LogP contribution in [0, 0.1) is 6.92 Å². The number of benzene rings is 1. The molecule has 0 radical (unpaired) electrons. The number of rotatable bonds is 5. The number of hydrogen-bond donors (Lipinski definition) is 2. The van der Waals surface area contributed by atoms with E-state index >= 15 is 0 Å². The summed E-state index contributed by atoms with van der Waals surface area (Å²) in [5, 5.41) is 2.77. The van der Waals surface area contributed by atoms with E-state index in [0.717, 1.165) is 30.0 Å². The van der Waals surface area contributed by atoms with E-state index < -0.39 is 29.4 Å². The number of carbonyl (C=O) groups is 1. The Kier molecular flexibility index (Phi) is 5.88. The molecule has 0 spiro atoms. The van der Waals surface area contributed by atoms with E-state index in [1.165, 1.54) is 0 Å². The predicted molar refractivity (Wildman–Crippen MR) is 97.0 cm³/mol. The molecule has 1 aliphatic rings. The van der Waals surface area contributed by atoms with Crippen molar-refractivity contribution in [2.45, 2.75) is 44.5 Å². The van der Waals surface area contributed by atoms with Crippen LogP contribution in [0.25, 0.3) is 0 Å². The first-order valence-electron chi connectivity index (χ1n) is 9.03. The number of aromatic nitrogens is 1. The fraction of sp³-hybridized carbons (Fsp3) is 0.400. The third-order valence-electron chi connectivity index (χ3n) is 4.77. The lowest BCUT2D eigenvalue weighted by atomic mass is 9.98. The van der Waals surface area contributed by atoms with Crippen molar-refractivity contribution in [2.24, 2.45) is 0 Å². The lowest BCUT2D eigenvalue weighted by molar-refractivity contribution is -0.141. The normalized spacial score (nSPS) is 18.1. The molecule has 28 heavy (non-hydrogen) atoms. The van der Waals surface area contributed by atoms with Crippen LogP contribution in [0.15, 0.2) is 41.2 Å². The molecule has 1 amide bonds. The highest BCUT2D eigenvalue weighted by atomic mass is 19.4. The number of amides is 1. The van der Waals surface area contributed by atoms with Crippen molar-refractivity contribution in [1.29, 1.82) is 0 Å². The highest BCUT2D eigenvalue weighted by molar-refractivity contribution is 5.94. The maximum absolute atomic E-state index is 12.7. The second-order valence-corrected chi connectivity index (χ2v) is 6.92. The summed E-state index contributed by atoms with van der Waals surface area (Å²) in [5.41, 5.74) is -0.726. The highest BCUT2D eigenvalue weighted by Gasteiger charge is 2.32. The van der Waals surface area contributed by atoms with Gasteiger partial charge in [0.2, 0.25) is 0 Å². The van der Waals surface area contributed by atoms with Crippen LogP contribution in [0.2, 0.25) is 0 Å². The van der Waals surface area contributed by atoms with Gasteiger partial charge in [-0.3, -0.25) is 9.59 Å². The standard InChI is InChI=1S/C20H21F3N2O3/c1-12-4-6-13(7-5-12)16(11-14-3-2-10-28-14)24-18(26)15-8-9-17(20(21,22)23)25-19(15)27/h4-9,14,16H,2-3,10-11H2,1H3,(H,24,26)(H,25,27). The fourth-order valence-electron chi connectivity index (χ4n) is 3.22. The molecule has 150 valence electrons. The first-order valence-corrected chi connectivity index (χ1v) is 9.03. The Morgan fingerprint density at radius 2 is 1.96 bits per heavy atom. The molecule has 0 aliphatic carbocycles. The molecular formula is C20H21F3N2O3. The Labute approximate surface area is 159 Å². The second-order valence-electron chi connectivity index (χ2n) is 6.92. The monoisotopic (exact) mass is 394 g/mol. The molecule has 8 heteroatoms. The molecule has 5 nitrogen and oxygen atoms in total. The van der Waals surface area contributed by atoms with Gasteiger partial charge in [-0.2, -0.15) is 13.2 Å². The van der Waals surface area contributed by atoms with Gasteiger partial charge in [-0.1, -0.05) is 29.8 Å². The number of carbonyl (C=O) groups excluding carboxylic acids is 1. The number of H-pyrrole nitrogens is 1. The van der Waals surface area contributed by atoms with E-state index in [1.807, 2.05) is 31.2 Å². The van der Waals surface area contributed by atoms with E-state index in [0.29, 0.717) is 19.1 Å². The number of halogens is 3. The largest absolute Gasteiger partial charge is 0.431 e. The van der Waals surface area contributed by atoms with Crippen LogP contribution in [0.5, 0.6) is 0 Å². The Balaban J connectivity index is 1.82. The number of pyridine rings is 1. The molecule has 2 atom stereocenters. The van der Waals surface area contributed by atoms with Gasteiger partial charge in [0.25, 0.3) is 11.5 Å². The molecule has 1 aromatic heterocycles. The number of hydrogen-bond acceptors (Lipinski definition) is 3. The quantitative estimate of drug-likeness (QED) is 0.812. The van der Waals surface area contributed by atoms with Crippen molar-refractivity contribution in [3.05, 3.63) is 69.1 Å². The van der Waals surface area contributed by atoms with Crippen molar-refractivity contribution >= 4 is 5.91 Å². The number of aryl methyl sites for hydroxylation is 1. The summed E-state index contributed by atoms with van der Waals surface area (Å²) in [6, 6.07) is 8.76. The first kappa shape index (κ1) is 20.1. The van der Waals surface area contributed by atoms with Gasteiger partial charge in [-0.25, -0.2) is 0 Å². The molecule has 2 unspecified atom stereocenters. The fourth-order valence-corrected chi connectivity index (χ4v) is 3.22. The zero-order valence-electron chi connectivity index (χ0n) is 15.3. The van der Waals surface area contributed by atoms with Crippen molar-refractivity contribution in [2.75, 3.05) is 6.61 Å². The molecule has 1 saturated heterocycles. The molecule has 1 aliphatic heterocycles. The summed E-state index contributed by atoms with van der Waals surface area (Å²) in [4.78, 5) is 26.3. The lowest BCUT2D eigenvalue weighted by Gasteiger charge is -2.22. The summed E-state index contributed by atoms with van der Waals surface area (Å²) in [6.45, 7) is 2.61. The van der Waals surface area contributed by atoms with E-state index in [4.69, 9.17) is 4.74 Å². The van der Waals surface area contributed by atoms with Gasteiger partial charge in [0.1, 0.15) is 11.3 Å². The van der Waals surface area contributed by atoms with Crippen LogP contribution in [-0.4, -0.2) is 23.6 Å². The zero-order chi connectivity index (χ0) is 20.3. The topological polar surface area (TPSA) is 71.2 Å². The van der Waals surface area contributed by atoms with Crippen molar-refractivity contribution in [3.8, 4) is 0 Å². The van der Waals surface area contributed by atoms with Crippen molar-refractivity contribution in [1.82, 2.24) is 10.3 Å². The minimum absolute atomic E-state index is 0.0162. The van der Waals surface area contributed by atoms with Gasteiger partial charge < -0.3 is 15.0 Å². The molecule has 1 fully saturated rings. The van der Waals surface area contributed by atoms with Crippen LogP contribution in [-0.2, 0) is 10.9 Å². The van der Waals surface area contributed by atoms with E-state index in [2.05, 4.69) is 5.32 Å². The third-order valence-corrected chi connectivity index (χ3v) is 4.77. The molecule has 3 rings (SSSR count). The minimum Gasteiger partial charge on any atom is -0.378 e. The van der Waals surface area contributed by atoms with Gasteiger partial charge in [0.15, 0.2) is 0 Å². The number of alkyl halides is 3. The predicted octanol–water partition coefficient (Wildman–Crippen LogP) is 3.74. The zero-order valence-corrected chi connectivity index (χ0v) is 15.3. The average Bonchev–Trinajstić information content (AvgIpc) is 3.14. The third kappa shape index (κ3) is 4.81. The highest BCUT2D eigenvalue weighted by Crippen LogP contribution is 2.27. The average molecular weight is 394 g/mol. The van der Waals surface area contributed by atoms with Gasteiger partial charge in [0, 0.05) is 6.61 Å². The van der Waals surface area contributed by atoms with E-state index in [1.54, 1.807) is 4.98 Å². The first-order chi connectivity index (χ1) is 13.2. The molecule has 1 aromatic carbocycles. The Hall–Kier alpha value is -2.61. The van der Waals surface area contributed by atoms with Crippen LogP contribution >= 0.6 is 0 Å². The summed E-state index contributed by atoms with van der Waals surface area (Å²) in [6.07, 6.45) is -2.36. The summed E-state index contributed by atoms with van der Waals surface area (Å²) < 4.78 is 43.8. The molecule has 2 N–H and O–H groups in total. The number of nitrogens with one attached hydrogen (secondary N) is 2. The molecule has 2 aromatic rings. The lowest BCUT2D eigenvalue weighted by Crippen LogP contribution is -2.35. The van der Waals surface area contributed by atoms with Crippen LogP contribution in [0.4, 0.5) is 13.2 Å². The Morgan fingerprint density at radius 1 is 1.25 bits per heavy atom. The van der Waals surface area contributed by atoms with Crippen LogP contribution in [0.1, 0.15) is 52.5 Å². The molecular weight excluding hydrogens is 373 g/mol. The van der Waals surface area contributed by atoms with E-state index in [9.17, 15) is 22.8 Å². The van der Waals surface area contributed by atoms with Gasteiger partial charge in [-0.15, -0.1) is 0 Å². The smallest absolute Gasteiger partial charge is 0.378 e. The molecule has 2 heterocycles. The summed E-state index contributed by atoms with van der Waals surface area (Å²) in [7, 11) is 0. The van der Waals surface area contributed by atoms with Crippen molar-refractivity contribution < 1.29 is 22.7 Å². The minimum atomic E-state index is -4.68. The van der Waals surface area contributed by atoms with E-state index in [-0.39, 0.29) is 11.7 Å². The van der Waals surface area contributed by atoms with Gasteiger partial charge in [0.05, 0.1) is 12.1 Å². The van der Waals surface area contributed by atoms with Gasteiger partial charge >= 0.3 is 6.18 Å².